The Morgan fingerprint density at radius 2 is 1.66 bits per heavy atom. The minimum atomic E-state index is -4.01. The molecule has 0 radical (unpaired) electrons. The topological polar surface area (TPSA) is 81.6 Å². The van der Waals surface area contributed by atoms with Crippen LogP contribution in [0.15, 0.2) is 77.0 Å². The number of benzene rings is 2. The molecule has 2 aromatic heterocycles. The van der Waals surface area contributed by atoms with Gasteiger partial charge in [-0.05, 0) is 41.6 Å². The zero-order valence-electron chi connectivity index (χ0n) is 19.4. The van der Waals surface area contributed by atoms with Crippen LogP contribution < -0.4 is 13.8 Å². The van der Waals surface area contributed by atoms with Crippen LogP contribution in [-0.4, -0.2) is 32.0 Å². The number of halogens is 1. The van der Waals surface area contributed by atoms with Crippen molar-refractivity contribution in [3.8, 4) is 28.0 Å². The van der Waals surface area contributed by atoms with Gasteiger partial charge in [-0.25, -0.2) is 22.7 Å². The molecular weight excluding hydrogens is 506 g/mol. The van der Waals surface area contributed by atoms with Crippen LogP contribution in [0.2, 0.25) is 5.15 Å². The molecule has 0 spiro atoms. The molecule has 0 saturated carbocycles. The van der Waals surface area contributed by atoms with Gasteiger partial charge in [0.25, 0.3) is 10.0 Å². The molecule has 2 heterocycles. The molecular formula is C25H24ClN3O4S2. The van der Waals surface area contributed by atoms with Gasteiger partial charge in [0.05, 0.1) is 16.9 Å². The first kappa shape index (κ1) is 25.0. The fraction of sp³-hybridized carbons (Fsp3) is 0.200. The SMILES string of the molecule is COc1ccccc1Oc1c(Cl)nc(-c2cccs2)nc1N(CC(C)C)S(=O)(=O)c1ccccc1. The van der Waals surface area contributed by atoms with Crippen molar-refractivity contribution in [2.24, 2.45) is 5.92 Å². The summed E-state index contributed by atoms with van der Waals surface area (Å²) in [6.07, 6.45) is 0. The van der Waals surface area contributed by atoms with Crippen molar-refractivity contribution >= 4 is 38.8 Å². The van der Waals surface area contributed by atoms with Crippen molar-refractivity contribution in [1.82, 2.24) is 9.97 Å². The number of anilines is 1. The zero-order valence-corrected chi connectivity index (χ0v) is 21.8. The molecule has 0 aliphatic heterocycles. The lowest BCUT2D eigenvalue weighted by atomic mass is 10.2. The van der Waals surface area contributed by atoms with Crippen molar-refractivity contribution in [3.05, 3.63) is 77.3 Å². The van der Waals surface area contributed by atoms with Crippen molar-refractivity contribution in [2.75, 3.05) is 18.0 Å². The van der Waals surface area contributed by atoms with E-state index in [0.717, 1.165) is 4.88 Å². The number of methoxy groups -OCH3 is 1. The van der Waals surface area contributed by atoms with Crippen LogP contribution in [0.3, 0.4) is 0 Å². The highest BCUT2D eigenvalue weighted by Crippen LogP contribution is 2.42. The van der Waals surface area contributed by atoms with Crippen molar-refractivity contribution < 1.29 is 17.9 Å². The number of hydrogen-bond acceptors (Lipinski definition) is 7. The molecule has 0 aliphatic carbocycles. The number of rotatable bonds is 9. The molecule has 4 rings (SSSR count). The van der Waals surface area contributed by atoms with Crippen LogP contribution in [-0.2, 0) is 10.0 Å². The van der Waals surface area contributed by atoms with Gasteiger partial charge in [0.1, 0.15) is 0 Å². The van der Waals surface area contributed by atoms with Crippen LogP contribution in [0.1, 0.15) is 13.8 Å². The number of para-hydroxylation sites is 2. The molecule has 0 aliphatic rings. The quantitative estimate of drug-likeness (QED) is 0.230. The predicted octanol–water partition coefficient (Wildman–Crippen LogP) is 6.51. The third-order valence-corrected chi connectivity index (χ3v) is 7.82. The highest BCUT2D eigenvalue weighted by molar-refractivity contribution is 7.92. The number of aromatic nitrogens is 2. The Hall–Kier alpha value is -3.14. The molecule has 0 unspecified atom stereocenters. The van der Waals surface area contributed by atoms with Crippen LogP contribution in [0, 0.1) is 5.92 Å². The lowest BCUT2D eigenvalue weighted by Gasteiger charge is -2.27. The molecule has 0 N–H and O–H groups in total. The first-order valence-electron chi connectivity index (χ1n) is 10.8. The third kappa shape index (κ3) is 5.42. The third-order valence-electron chi connectivity index (χ3n) is 4.93. The normalized spacial score (nSPS) is 11.5. The fourth-order valence-electron chi connectivity index (χ4n) is 3.35. The maximum absolute atomic E-state index is 13.8. The minimum absolute atomic E-state index is 0.0127. The van der Waals surface area contributed by atoms with E-state index in [1.54, 1.807) is 54.6 Å². The monoisotopic (exact) mass is 529 g/mol. The molecule has 10 heteroatoms. The van der Waals surface area contributed by atoms with E-state index in [1.807, 2.05) is 31.4 Å². The zero-order chi connectivity index (χ0) is 25.0. The first-order valence-corrected chi connectivity index (χ1v) is 13.5. The van der Waals surface area contributed by atoms with Crippen LogP contribution >= 0.6 is 22.9 Å². The lowest BCUT2D eigenvalue weighted by Crippen LogP contribution is -2.35. The maximum atomic E-state index is 13.8. The summed E-state index contributed by atoms with van der Waals surface area (Å²) in [5, 5.41) is 1.87. The number of sulfonamides is 1. The van der Waals surface area contributed by atoms with Crippen molar-refractivity contribution in [2.45, 2.75) is 18.7 Å². The molecule has 0 amide bonds. The maximum Gasteiger partial charge on any atom is 0.265 e. The van der Waals surface area contributed by atoms with Gasteiger partial charge in [-0.1, -0.05) is 61.8 Å². The van der Waals surface area contributed by atoms with E-state index in [0.29, 0.717) is 17.3 Å². The molecule has 182 valence electrons. The Labute approximate surface area is 214 Å². The summed E-state index contributed by atoms with van der Waals surface area (Å²) >= 11 is 8.07. The largest absolute Gasteiger partial charge is 0.493 e. The lowest BCUT2D eigenvalue weighted by molar-refractivity contribution is 0.378. The van der Waals surface area contributed by atoms with Crippen molar-refractivity contribution in [3.63, 3.8) is 0 Å². The van der Waals surface area contributed by atoms with Gasteiger partial charge in [-0.15, -0.1) is 11.3 Å². The summed E-state index contributed by atoms with van der Waals surface area (Å²) in [6.45, 7) is 4.01. The molecule has 0 fully saturated rings. The van der Waals surface area contributed by atoms with E-state index in [-0.39, 0.29) is 34.1 Å². The molecule has 0 atom stereocenters. The first-order chi connectivity index (χ1) is 16.8. The van der Waals surface area contributed by atoms with Gasteiger partial charge in [0, 0.05) is 6.54 Å². The summed E-state index contributed by atoms with van der Waals surface area (Å²) in [5.74, 6) is 1.18. The number of nitrogens with zero attached hydrogens (tertiary/aromatic N) is 3. The van der Waals surface area contributed by atoms with Gasteiger partial charge >= 0.3 is 0 Å². The highest BCUT2D eigenvalue weighted by Gasteiger charge is 2.32. The summed E-state index contributed by atoms with van der Waals surface area (Å²) < 4.78 is 40.5. The van der Waals surface area contributed by atoms with Gasteiger partial charge < -0.3 is 9.47 Å². The Morgan fingerprint density at radius 1 is 0.971 bits per heavy atom. The van der Waals surface area contributed by atoms with E-state index in [2.05, 4.69) is 9.97 Å². The second-order valence-electron chi connectivity index (χ2n) is 7.96. The smallest absolute Gasteiger partial charge is 0.265 e. The average molecular weight is 530 g/mol. The van der Waals surface area contributed by atoms with E-state index in [9.17, 15) is 8.42 Å². The Kier molecular flexibility index (Phi) is 7.59. The summed E-state index contributed by atoms with van der Waals surface area (Å²) in [4.78, 5) is 9.97. The van der Waals surface area contributed by atoms with Crippen LogP contribution in [0.5, 0.6) is 17.2 Å². The second kappa shape index (κ2) is 10.6. The summed E-state index contributed by atoms with van der Waals surface area (Å²) in [7, 11) is -2.49. The van der Waals surface area contributed by atoms with Crippen LogP contribution in [0.4, 0.5) is 5.82 Å². The molecule has 2 aromatic carbocycles. The molecule has 4 aromatic rings. The van der Waals surface area contributed by atoms with Crippen LogP contribution in [0.25, 0.3) is 10.7 Å². The van der Waals surface area contributed by atoms with E-state index >= 15 is 0 Å². The minimum Gasteiger partial charge on any atom is -0.493 e. The van der Waals surface area contributed by atoms with E-state index in [1.165, 1.54) is 22.8 Å². The highest BCUT2D eigenvalue weighted by atomic mass is 35.5. The molecule has 0 saturated heterocycles. The Morgan fingerprint density at radius 3 is 2.29 bits per heavy atom. The molecule has 35 heavy (non-hydrogen) atoms. The fourth-order valence-corrected chi connectivity index (χ4v) is 5.81. The van der Waals surface area contributed by atoms with Gasteiger partial charge in [-0.3, -0.25) is 0 Å². The van der Waals surface area contributed by atoms with Crippen molar-refractivity contribution in [1.29, 1.82) is 0 Å². The Bertz CT molecular complexity index is 1400. The second-order valence-corrected chi connectivity index (χ2v) is 11.1. The van der Waals surface area contributed by atoms with Gasteiger partial charge in [0.15, 0.2) is 28.3 Å². The van der Waals surface area contributed by atoms with E-state index in [4.69, 9.17) is 21.1 Å². The predicted molar refractivity (Wildman–Crippen MR) is 139 cm³/mol. The number of thiophene rings is 1. The van der Waals surface area contributed by atoms with Gasteiger partial charge in [-0.2, -0.15) is 0 Å². The standard InChI is InChI=1S/C25H24ClN3O4S2/c1-17(2)16-29(35(30,31)18-10-5-4-6-11-18)25-22(33-20-13-8-7-12-19(20)32-3)23(26)27-24(28-25)21-14-9-15-34-21/h4-15,17H,16H2,1-3H3. The number of hydrogen-bond donors (Lipinski definition) is 0. The van der Waals surface area contributed by atoms with E-state index < -0.39 is 10.0 Å². The molecule has 7 nitrogen and oxygen atoms in total. The number of ether oxygens (including phenoxy) is 2. The molecule has 0 bridgehead atoms. The summed E-state index contributed by atoms with van der Waals surface area (Å²) in [6, 6.07) is 18.9. The average Bonchev–Trinajstić information content (AvgIpc) is 3.39. The van der Waals surface area contributed by atoms with Gasteiger partial charge in [0.2, 0.25) is 5.75 Å². The summed E-state index contributed by atoms with van der Waals surface area (Å²) in [5.41, 5.74) is 0. The Balaban J connectivity index is 1.95.